The summed E-state index contributed by atoms with van der Waals surface area (Å²) >= 11 is 0. The first-order valence-corrected chi connectivity index (χ1v) is 5.11. The maximum absolute atomic E-state index is 5.25. The molecule has 0 aliphatic heterocycles. The third-order valence-electron chi connectivity index (χ3n) is 2.67. The van der Waals surface area contributed by atoms with Crippen molar-refractivity contribution in [2.45, 2.75) is 38.3 Å². The average molecular weight is 180 g/mol. The first kappa shape index (κ1) is 10.6. The van der Waals surface area contributed by atoms with Gasteiger partial charge in [0.25, 0.3) is 0 Å². The Morgan fingerprint density at radius 2 is 2.31 bits per heavy atom. The summed E-state index contributed by atoms with van der Waals surface area (Å²) in [5, 5.41) is 3.51. The van der Waals surface area contributed by atoms with Crippen molar-refractivity contribution in [3.63, 3.8) is 0 Å². The first-order valence-electron chi connectivity index (χ1n) is 5.11. The summed E-state index contributed by atoms with van der Waals surface area (Å²) in [6.07, 6.45) is 9.18. The van der Waals surface area contributed by atoms with Gasteiger partial charge >= 0.3 is 0 Å². The molecule has 0 radical (unpaired) electrons. The van der Waals surface area contributed by atoms with Gasteiger partial charge in [-0.25, -0.2) is 0 Å². The minimum Gasteiger partial charge on any atom is -0.314 e. The molecule has 1 unspecified atom stereocenters. The Morgan fingerprint density at radius 3 is 2.85 bits per heavy atom. The smallest absolute Gasteiger partial charge is 0.0598 e. The molecule has 0 aromatic carbocycles. The van der Waals surface area contributed by atoms with Crippen molar-refractivity contribution in [3.05, 3.63) is 0 Å². The van der Waals surface area contributed by atoms with Crippen molar-refractivity contribution in [2.24, 2.45) is 0 Å². The molecule has 1 rings (SSSR count). The minimum atomic E-state index is 0.585. The van der Waals surface area contributed by atoms with Gasteiger partial charge < -0.3 is 5.32 Å². The SMILES string of the molecule is C#CCN(C)C(C)CCNC1CC1. The molecule has 1 aliphatic rings. The van der Waals surface area contributed by atoms with E-state index in [1.165, 1.54) is 19.3 Å². The summed E-state index contributed by atoms with van der Waals surface area (Å²) in [5.74, 6) is 2.67. The van der Waals surface area contributed by atoms with Gasteiger partial charge in [0.2, 0.25) is 0 Å². The van der Waals surface area contributed by atoms with E-state index >= 15 is 0 Å². The van der Waals surface area contributed by atoms with Crippen molar-refractivity contribution in [1.29, 1.82) is 0 Å². The molecule has 0 saturated heterocycles. The van der Waals surface area contributed by atoms with Crippen LogP contribution in [-0.2, 0) is 0 Å². The molecule has 0 amide bonds. The van der Waals surface area contributed by atoms with Gasteiger partial charge in [-0.15, -0.1) is 6.42 Å². The van der Waals surface area contributed by atoms with Crippen LogP contribution in [0.2, 0.25) is 0 Å². The molecule has 0 bridgehead atoms. The predicted octanol–water partition coefficient (Wildman–Crippen LogP) is 1.08. The second-order valence-corrected chi connectivity index (χ2v) is 3.99. The number of terminal acetylenes is 1. The molecule has 1 atom stereocenters. The zero-order valence-electron chi connectivity index (χ0n) is 8.71. The van der Waals surface area contributed by atoms with Gasteiger partial charge in [-0.3, -0.25) is 4.90 Å². The van der Waals surface area contributed by atoms with Crippen molar-refractivity contribution >= 4 is 0 Å². The highest BCUT2D eigenvalue weighted by atomic mass is 15.1. The highest BCUT2D eigenvalue weighted by molar-refractivity contribution is 4.88. The molecule has 13 heavy (non-hydrogen) atoms. The van der Waals surface area contributed by atoms with Crippen LogP contribution in [-0.4, -0.2) is 37.1 Å². The van der Waals surface area contributed by atoms with E-state index in [2.05, 4.69) is 30.1 Å². The monoisotopic (exact) mass is 180 g/mol. The number of nitrogens with zero attached hydrogens (tertiary/aromatic N) is 1. The quantitative estimate of drug-likeness (QED) is 0.615. The summed E-state index contributed by atoms with van der Waals surface area (Å²) in [6, 6.07) is 1.41. The minimum absolute atomic E-state index is 0.585. The molecule has 74 valence electrons. The van der Waals surface area contributed by atoms with E-state index in [0.717, 1.165) is 19.1 Å². The van der Waals surface area contributed by atoms with Gasteiger partial charge in [0.15, 0.2) is 0 Å². The highest BCUT2D eigenvalue weighted by Crippen LogP contribution is 2.18. The van der Waals surface area contributed by atoms with Crippen LogP contribution in [0.4, 0.5) is 0 Å². The van der Waals surface area contributed by atoms with Crippen LogP contribution in [0, 0.1) is 12.3 Å². The molecule has 2 heteroatoms. The average Bonchev–Trinajstić information content (AvgIpc) is 2.88. The topological polar surface area (TPSA) is 15.3 Å². The van der Waals surface area contributed by atoms with Gasteiger partial charge in [-0.05, 0) is 39.8 Å². The van der Waals surface area contributed by atoms with Gasteiger partial charge in [0, 0.05) is 12.1 Å². The molecule has 1 saturated carbocycles. The van der Waals surface area contributed by atoms with Crippen LogP contribution in [0.1, 0.15) is 26.2 Å². The van der Waals surface area contributed by atoms with Gasteiger partial charge in [0.05, 0.1) is 6.54 Å². The molecule has 1 N–H and O–H groups in total. The Balaban J connectivity index is 2.01. The van der Waals surface area contributed by atoms with E-state index in [-0.39, 0.29) is 0 Å². The Kier molecular flexibility index (Phi) is 4.27. The van der Waals surface area contributed by atoms with Crippen LogP contribution in [0.3, 0.4) is 0 Å². The van der Waals surface area contributed by atoms with Crippen LogP contribution >= 0.6 is 0 Å². The van der Waals surface area contributed by atoms with E-state index in [9.17, 15) is 0 Å². The Hall–Kier alpha value is -0.520. The van der Waals surface area contributed by atoms with E-state index < -0.39 is 0 Å². The van der Waals surface area contributed by atoms with Crippen LogP contribution in [0.15, 0.2) is 0 Å². The van der Waals surface area contributed by atoms with Crippen LogP contribution < -0.4 is 5.32 Å². The molecule has 0 aromatic rings. The lowest BCUT2D eigenvalue weighted by Crippen LogP contribution is -2.32. The van der Waals surface area contributed by atoms with Gasteiger partial charge in [-0.2, -0.15) is 0 Å². The fraction of sp³-hybridized carbons (Fsp3) is 0.818. The molecule has 0 aromatic heterocycles. The molecule has 1 fully saturated rings. The number of rotatable bonds is 6. The predicted molar refractivity (Wildman–Crippen MR) is 56.6 cm³/mol. The van der Waals surface area contributed by atoms with Gasteiger partial charge in [0.1, 0.15) is 0 Å². The Labute approximate surface area is 81.7 Å². The summed E-state index contributed by atoms with van der Waals surface area (Å²) < 4.78 is 0. The maximum Gasteiger partial charge on any atom is 0.0598 e. The lowest BCUT2D eigenvalue weighted by Gasteiger charge is -2.22. The summed E-state index contributed by atoms with van der Waals surface area (Å²) in [6.45, 7) is 4.11. The van der Waals surface area contributed by atoms with Crippen molar-refractivity contribution in [1.82, 2.24) is 10.2 Å². The number of nitrogens with one attached hydrogen (secondary N) is 1. The van der Waals surface area contributed by atoms with Crippen molar-refractivity contribution in [2.75, 3.05) is 20.1 Å². The summed E-state index contributed by atoms with van der Waals surface area (Å²) in [7, 11) is 2.08. The molecule has 1 aliphatic carbocycles. The van der Waals surface area contributed by atoms with E-state index in [4.69, 9.17) is 6.42 Å². The lowest BCUT2D eigenvalue weighted by atomic mass is 10.2. The number of hydrogen-bond donors (Lipinski definition) is 1. The fourth-order valence-corrected chi connectivity index (χ4v) is 1.30. The molecule has 0 heterocycles. The molecular weight excluding hydrogens is 160 g/mol. The molecule has 0 spiro atoms. The van der Waals surface area contributed by atoms with Crippen LogP contribution in [0.25, 0.3) is 0 Å². The van der Waals surface area contributed by atoms with E-state index in [1.807, 2.05) is 0 Å². The Morgan fingerprint density at radius 1 is 1.62 bits per heavy atom. The normalized spacial score (nSPS) is 18.6. The third kappa shape index (κ3) is 4.31. The summed E-state index contributed by atoms with van der Waals surface area (Å²) in [4.78, 5) is 2.22. The first-order chi connectivity index (χ1) is 6.24. The van der Waals surface area contributed by atoms with E-state index in [0.29, 0.717) is 6.04 Å². The number of hydrogen-bond acceptors (Lipinski definition) is 2. The molecular formula is C11H20N2. The second-order valence-electron chi connectivity index (χ2n) is 3.99. The second kappa shape index (κ2) is 5.26. The lowest BCUT2D eigenvalue weighted by molar-refractivity contribution is 0.272. The van der Waals surface area contributed by atoms with E-state index in [1.54, 1.807) is 0 Å². The maximum atomic E-state index is 5.25. The van der Waals surface area contributed by atoms with Crippen molar-refractivity contribution < 1.29 is 0 Å². The fourth-order valence-electron chi connectivity index (χ4n) is 1.30. The largest absolute Gasteiger partial charge is 0.314 e. The summed E-state index contributed by atoms with van der Waals surface area (Å²) in [5.41, 5.74) is 0. The highest BCUT2D eigenvalue weighted by Gasteiger charge is 2.20. The van der Waals surface area contributed by atoms with Crippen LogP contribution in [0.5, 0.6) is 0 Å². The standard InChI is InChI=1S/C11H20N2/c1-4-9-13(3)10(2)7-8-12-11-5-6-11/h1,10-12H,5-9H2,2-3H3. The van der Waals surface area contributed by atoms with Crippen molar-refractivity contribution in [3.8, 4) is 12.3 Å². The van der Waals surface area contributed by atoms with Gasteiger partial charge in [-0.1, -0.05) is 5.92 Å². The zero-order valence-corrected chi connectivity index (χ0v) is 8.71. The zero-order chi connectivity index (χ0) is 9.68. The molecule has 2 nitrogen and oxygen atoms in total. The third-order valence-corrected chi connectivity index (χ3v) is 2.67. The Bertz CT molecular complexity index is 179.